The lowest BCUT2D eigenvalue weighted by atomic mass is 9.96. The molecule has 2 aromatic rings. The Morgan fingerprint density at radius 1 is 1.12 bits per heavy atom. The van der Waals surface area contributed by atoms with E-state index < -0.39 is 0 Å². The summed E-state index contributed by atoms with van der Waals surface area (Å²) in [6.07, 6.45) is 9.71. The van der Waals surface area contributed by atoms with E-state index in [9.17, 15) is 4.79 Å². The molecule has 0 spiro atoms. The molecule has 2 aliphatic rings. The van der Waals surface area contributed by atoms with Crippen LogP contribution >= 0.6 is 0 Å². The van der Waals surface area contributed by atoms with Gasteiger partial charge in [0.25, 0.3) is 0 Å². The molecule has 4 rings (SSSR count). The van der Waals surface area contributed by atoms with Gasteiger partial charge in [-0.05, 0) is 44.8 Å². The van der Waals surface area contributed by atoms with Crippen molar-refractivity contribution in [1.82, 2.24) is 25.2 Å². The first-order valence-corrected chi connectivity index (χ1v) is 9.61. The molecule has 0 aromatic carbocycles. The molecule has 0 unspecified atom stereocenters. The van der Waals surface area contributed by atoms with Crippen molar-refractivity contribution in [2.45, 2.75) is 25.7 Å². The van der Waals surface area contributed by atoms with Gasteiger partial charge in [-0.25, -0.2) is 9.97 Å². The standard InChI is InChI=1S/C19H26N6O/c26-19(22-7-11-24-8-1-2-9-24)15-4-3-10-25(14-15)16-12-17-18(23-13-16)21-6-5-20-17/h5-6,12-13,15H,1-4,7-11,14H2,(H,22,26)/t15-/m1/s1. The largest absolute Gasteiger partial charge is 0.369 e. The Labute approximate surface area is 153 Å². The van der Waals surface area contributed by atoms with E-state index in [1.165, 1.54) is 25.9 Å². The van der Waals surface area contributed by atoms with Gasteiger partial charge in [0, 0.05) is 38.6 Å². The zero-order valence-electron chi connectivity index (χ0n) is 15.1. The SMILES string of the molecule is O=C(NCCN1CCCC1)[C@@H]1CCCN(c2cnc3nccnc3c2)C1. The number of likely N-dealkylation sites (tertiary alicyclic amines) is 1. The number of piperidine rings is 1. The number of nitrogens with one attached hydrogen (secondary N) is 1. The fourth-order valence-electron chi connectivity index (χ4n) is 3.93. The second kappa shape index (κ2) is 7.95. The van der Waals surface area contributed by atoms with Gasteiger partial charge in [-0.2, -0.15) is 0 Å². The summed E-state index contributed by atoms with van der Waals surface area (Å²) < 4.78 is 0. The smallest absolute Gasteiger partial charge is 0.224 e. The van der Waals surface area contributed by atoms with E-state index in [1.807, 2.05) is 12.3 Å². The van der Waals surface area contributed by atoms with E-state index in [2.05, 4.69) is 30.1 Å². The Kier molecular flexibility index (Phi) is 5.24. The first kappa shape index (κ1) is 17.1. The van der Waals surface area contributed by atoms with Crippen molar-refractivity contribution < 1.29 is 4.79 Å². The molecule has 7 heteroatoms. The number of carbonyl (C=O) groups excluding carboxylic acids is 1. The molecule has 1 atom stereocenters. The van der Waals surface area contributed by atoms with Crippen molar-refractivity contribution in [3.63, 3.8) is 0 Å². The number of rotatable bonds is 5. The summed E-state index contributed by atoms with van der Waals surface area (Å²) >= 11 is 0. The van der Waals surface area contributed by atoms with Crippen molar-refractivity contribution in [3.05, 3.63) is 24.7 Å². The molecule has 7 nitrogen and oxygen atoms in total. The minimum atomic E-state index is 0.0416. The van der Waals surface area contributed by atoms with Crippen molar-refractivity contribution in [1.29, 1.82) is 0 Å². The highest BCUT2D eigenvalue weighted by molar-refractivity contribution is 5.80. The minimum absolute atomic E-state index is 0.0416. The third-order valence-electron chi connectivity index (χ3n) is 5.39. The number of hydrogen-bond acceptors (Lipinski definition) is 6. The molecule has 2 aromatic heterocycles. The highest BCUT2D eigenvalue weighted by atomic mass is 16.1. The van der Waals surface area contributed by atoms with Gasteiger partial charge in [-0.3, -0.25) is 9.78 Å². The molecule has 0 saturated carbocycles. The predicted octanol–water partition coefficient (Wildman–Crippen LogP) is 1.45. The van der Waals surface area contributed by atoms with Crippen molar-refractivity contribution >= 4 is 22.8 Å². The number of nitrogens with zero attached hydrogens (tertiary/aromatic N) is 5. The maximum atomic E-state index is 12.6. The number of fused-ring (bicyclic) bond motifs is 1. The molecule has 0 radical (unpaired) electrons. The fraction of sp³-hybridized carbons (Fsp3) is 0.579. The quantitative estimate of drug-likeness (QED) is 0.876. The third kappa shape index (κ3) is 3.93. The molecule has 138 valence electrons. The van der Waals surface area contributed by atoms with E-state index in [4.69, 9.17) is 0 Å². The molecular weight excluding hydrogens is 328 g/mol. The van der Waals surface area contributed by atoms with Crippen molar-refractivity contribution in [3.8, 4) is 0 Å². The van der Waals surface area contributed by atoms with Crippen LogP contribution in [0.25, 0.3) is 11.2 Å². The van der Waals surface area contributed by atoms with Crippen LogP contribution in [-0.2, 0) is 4.79 Å². The van der Waals surface area contributed by atoms with E-state index >= 15 is 0 Å². The summed E-state index contributed by atoms with van der Waals surface area (Å²) in [5.74, 6) is 0.224. The van der Waals surface area contributed by atoms with Crippen molar-refractivity contribution in [2.24, 2.45) is 5.92 Å². The third-order valence-corrected chi connectivity index (χ3v) is 5.39. The van der Waals surface area contributed by atoms with Crippen LogP contribution in [0.4, 0.5) is 5.69 Å². The highest BCUT2D eigenvalue weighted by Crippen LogP contribution is 2.24. The number of amides is 1. The Bertz CT molecular complexity index is 761. The minimum Gasteiger partial charge on any atom is -0.369 e. The topological polar surface area (TPSA) is 74.2 Å². The predicted molar refractivity (Wildman–Crippen MR) is 101 cm³/mol. The maximum Gasteiger partial charge on any atom is 0.224 e. The van der Waals surface area contributed by atoms with Gasteiger partial charge in [0.1, 0.15) is 5.52 Å². The van der Waals surface area contributed by atoms with Gasteiger partial charge < -0.3 is 15.1 Å². The summed E-state index contributed by atoms with van der Waals surface area (Å²) in [5.41, 5.74) is 2.47. The second-order valence-electron chi connectivity index (χ2n) is 7.22. The van der Waals surface area contributed by atoms with Gasteiger partial charge in [0.2, 0.25) is 5.91 Å². The first-order chi connectivity index (χ1) is 12.8. The molecule has 26 heavy (non-hydrogen) atoms. The van der Waals surface area contributed by atoms with E-state index in [1.54, 1.807) is 12.4 Å². The molecule has 1 N–H and O–H groups in total. The zero-order chi connectivity index (χ0) is 17.8. The Morgan fingerprint density at radius 2 is 1.96 bits per heavy atom. The average Bonchev–Trinajstić information content (AvgIpc) is 3.21. The van der Waals surface area contributed by atoms with Crippen LogP contribution in [0.1, 0.15) is 25.7 Å². The molecule has 4 heterocycles. The summed E-state index contributed by atoms with van der Waals surface area (Å²) in [7, 11) is 0. The second-order valence-corrected chi connectivity index (χ2v) is 7.22. The number of aromatic nitrogens is 3. The van der Waals surface area contributed by atoms with Crippen LogP contribution in [0.3, 0.4) is 0 Å². The lowest BCUT2D eigenvalue weighted by molar-refractivity contribution is -0.125. The van der Waals surface area contributed by atoms with Crippen LogP contribution in [0.15, 0.2) is 24.7 Å². The summed E-state index contributed by atoms with van der Waals surface area (Å²) in [4.78, 5) is 30.2. The zero-order valence-corrected chi connectivity index (χ0v) is 15.1. The number of anilines is 1. The molecule has 2 aliphatic heterocycles. The Balaban J connectivity index is 1.34. The fourth-order valence-corrected chi connectivity index (χ4v) is 3.93. The molecule has 0 aliphatic carbocycles. The van der Waals surface area contributed by atoms with E-state index in [0.29, 0.717) is 5.65 Å². The molecule has 2 saturated heterocycles. The van der Waals surface area contributed by atoms with Gasteiger partial charge in [-0.15, -0.1) is 0 Å². The number of hydrogen-bond donors (Lipinski definition) is 1. The molecule has 1 amide bonds. The number of carbonyl (C=O) groups is 1. The van der Waals surface area contributed by atoms with E-state index in [0.717, 1.165) is 50.2 Å². The van der Waals surface area contributed by atoms with Crippen LogP contribution in [0, 0.1) is 5.92 Å². The van der Waals surface area contributed by atoms with Crippen LogP contribution in [0.5, 0.6) is 0 Å². The Hall–Kier alpha value is -2.28. The van der Waals surface area contributed by atoms with Gasteiger partial charge in [0.15, 0.2) is 5.65 Å². The van der Waals surface area contributed by atoms with Gasteiger partial charge in [0.05, 0.1) is 17.8 Å². The van der Waals surface area contributed by atoms with Gasteiger partial charge in [-0.1, -0.05) is 0 Å². The molecular formula is C19H26N6O. The maximum absolute atomic E-state index is 12.6. The molecule has 2 fully saturated rings. The van der Waals surface area contributed by atoms with E-state index in [-0.39, 0.29) is 11.8 Å². The summed E-state index contributed by atoms with van der Waals surface area (Å²) in [6.45, 7) is 5.75. The lowest BCUT2D eigenvalue weighted by Gasteiger charge is -2.33. The van der Waals surface area contributed by atoms with Crippen LogP contribution in [-0.4, -0.2) is 65.0 Å². The number of pyridine rings is 1. The monoisotopic (exact) mass is 354 g/mol. The first-order valence-electron chi connectivity index (χ1n) is 9.61. The normalized spacial score (nSPS) is 21.2. The Morgan fingerprint density at radius 3 is 2.85 bits per heavy atom. The highest BCUT2D eigenvalue weighted by Gasteiger charge is 2.26. The van der Waals surface area contributed by atoms with Gasteiger partial charge >= 0.3 is 0 Å². The summed E-state index contributed by atoms with van der Waals surface area (Å²) in [6, 6.07) is 2.02. The summed E-state index contributed by atoms with van der Waals surface area (Å²) in [5, 5.41) is 3.14. The lowest BCUT2D eigenvalue weighted by Crippen LogP contribution is -2.44. The average molecular weight is 354 g/mol. The molecule has 0 bridgehead atoms. The van der Waals surface area contributed by atoms with Crippen LogP contribution in [0.2, 0.25) is 0 Å². The van der Waals surface area contributed by atoms with Crippen molar-refractivity contribution in [2.75, 3.05) is 44.2 Å². The van der Waals surface area contributed by atoms with Crippen LogP contribution < -0.4 is 10.2 Å².